The van der Waals surface area contributed by atoms with Gasteiger partial charge in [-0.3, -0.25) is 9.59 Å². The van der Waals surface area contributed by atoms with Crippen molar-refractivity contribution in [3.8, 4) is 0 Å². The Morgan fingerprint density at radius 3 is 2.48 bits per heavy atom. The van der Waals surface area contributed by atoms with Crippen LogP contribution in [0.15, 0.2) is 54.6 Å². The fourth-order valence-electron chi connectivity index (χ4n) is 4.06. The molecule has 2 amide bonds. The van der Waals surface area contributed by atoms with E-state index in [1.165, 1.54) is 0 Å². The van der Waals surface area contributed by atoms with Crippen molar-refractivity contribution >= 4 is 34.4 Å². The third-order valence-corrected chi connectivity index (χ3v) is 6.36. The topological polar surface area (TPSA) is 85.9 Å². The van der Waals surface area contributed by atoms with Crippen molar-refractivity contribution in [2.45, 2.75) is 37.4 Å². The molecule has 164 valence electrons. The van der Waals surface area contributed by atoms with Gasteiger partial charge in [-0.1, -0.05) is 30.3 Å². The molecular formula is C23H25IN2O5. The molecule has 0 bridgehead atoms. The number of amides is 2. The van der Waals surface area contributed by atoms with E-state index in [2.05, 4.69) is 33.2 Å². The van der Waals surface area contributed by atoms with Gasteiger partial charge < -0.3 is 24.8 Å². The molecule has 0 spiro atoms. The lowest BCUT2D eigenvalue weighted by molar-refractivity contribution is -0.188. The molecule has 2 aromatic carbocycles. The summed E-state index contributed by atoms with van der Waals surface area (Å²) in [6, 6.07) is 16.4. The van der Waals surface area contributed by atoms with Gasteiger partial charge >= 0.3 is 0 Å². The van der Waals surface area contributed by atoms with Crippen molar-refractivity contribution in [3.05, 3.63) is 69.3 Å². The van der Waals surface area contributed by atoms with Gasteiger partial charge in [0, 0.05) is 15.7 Å². The Morgan fingerprint density at radius 2 is 1.74 bits per heavy atom. The minimum atomic E-state index is -0.816. The van der Waals surface area contributed by atoms with Gasteiger partial charge in [-0.25, -0.2) is 0 Å². The summed E-state index contributed by atoms with van der Waals surface area (Å²) < 4.78 is 19.2. The fraction of sp³-hybridized carbons (Fsp3) is 0.391. The third-order valence-electron chi connectivity index (χ3n) is 5.42. The number of benzene rings is 2. The highest BCUT2D eigenvalue weighted by Crippen LogP contribution is 2.43. The van der Waals surface area contributed by atoms with Crippen LogP contribution >= 0.6 is 22.6 Å². The number of halogens is 1. The van der Waals surface area contributed by atoms with E-state index in [4.69, 9.17) is 14.2 Å². The Balaban J connectivity index is 1.42. The van der Waals surface area contributed by atoms with E-state index < -0.39 is 17.5 Å². The molecule has 0 aromatic heterocycles. The quantitative estimate of drug-likeness (QED) is 0.555. The maximum atomic E-state index is 12.6. The molecule has 2 aromatic rings. The summed E-state index contributed by atoms with van der Waals surface area (Å²) in [6.07, 6.45) is -0.811. The number of carbonyl (C=O) groups excluding carboxylic acids is 2. The van der Waals surface area contributed by atoms with E-state index in [1.54, 1.807) is 18.2 Å². The molecule has 2 aliphatic rings. The zero-order valence-corrected chi connectivity index (χ0v) is 19.5. The van der Waals surface area contributed by atoms with Crippen LogP contribution in [0.5, 0.6) is 0 Å². The number of nitrogens with one attached hydrogen (secondary N) is 2. The summed E-state index contributed by atoms with van der Waals surface area (Å²) in [7, 11) is 0. The first-order valence-corrected chi connectivity index (χ1v) is 11.2. The molecule has 2 fully saturated rings. The van der Waals surface area contributed by atoms with Crippen molar-refractivity contribution in [2.24, 2.45) is 0 Å². The van der Waals surface area contributed by atoms with Crippen LogP contribution in [-0.2, 0) is 14.2 Å². The maximum Gasteiger partial charge on any atom is 0.252 e. The summed E-state index contributed by atoms with van der Waals surface area (Å²) >= 11 is 2.14. The van der Waals surface area contributed by atoms with Crippen LogP contribution in [0.1, 0.15) is 34.6 Å². The molecule has 0 radical (unpaired) electrons. The Morgan fingerprint density at radius 1 is 1.03 bits per heavy atom. The second kappa shape index (κ2) is 8.85. The van der Waals surface area contributed by atoms with Crippen LogP contribution in [0.2, 0.25) is 0 Å². The molecule has 8 heteroatoms. The van der Waals surface area contributed by atoms with Crippen LogP contribution in [-0.4, -0.2) is 55.1 Å². The maximum absolute atomic E-state index is 12.6. The lowest BCUT2D eigenvalue weighted by atomic mass is 9.96. The fourth-order valence-corrected chi connectivity index (χ4v) is 4.69. The van der Waals surface area contributed by atoms with Gasteiger partial charge in [0.2, 0.25) is 0 Å². The van der Waals surface area contributed by atoms with Crippen molar-refractivity contribution in [3.63, 3.8) is 0 Å². The van der Waals surface area contributed by atoms with E-state index in [-0.39, 0.29) is 37.6 Å². The molecule has 0 aliphatic carbocycles. The summed E-state index contributed by atoms with van der Waals surface area (Å²) in [4.78, 5) is 25.1. The highest BCUT2D eigenvalue weighted by atomic mass is 127. The van der Waals surface area contributed by atoms with E-state index in [0.717, 1.165) is 3.57 Å². The number of fused-ring (bicyclic) bond motifs is 1. The van der Waals surface area contributed by atoms with Crippen LogP contribution in [0.3, 0.4) is 0 Å². The molecule has 4 rings (SSSR count). The summed E-state index contributed by atoms with van der Waals surface area (Å²) in [5, 5.41) is 5.89. The minimum absolute atomic E-state index is 0.165. The van der Waals surface area contributed by atoms with Crippen LogP contribution < -0.4 is 10.6 Å². The first-order valence-electron chi connectivity index (χ1n) is 10.2. The second-order valence-electron chi connectivity index (χ2n) is 8.19. The molecule has 2 N–H and O–H groups in total. The van der Waals surface area contributed by atoms with Crippen LogP contribution in [0.4, 0.5) is 0 Å². The zero-order chi connectivity index (χ0) is 22.1. The highest BCUT2D eigenvalue weighted by molar-refractivity contribution is 14.1. The van der Waals surface area contributed by atoms with E-state index in [0.29, 0.717) is 11.1 Å². The third kappa shape index (κ3) is 4.77. The molecule has 31 heavy (non-hydrogen) atoms. The molecular weight excluding hydrogens is 511 g/mol. The lowest BCUT2D eigenvalue weighted by Gasteiger charge is -2.27. The predicted molar refractivity (Wildman–Crippen MR) is 123 cm³/mol. The first kappa shape index (κ1) is 22.2. The lowest BCUT2D eigenvalue weighted by Crippen LogP contribution is -2.52. The van der Waals surface area contributed by atoms with Gasteiger partial charge in [0.1, 0.15) is 17.8 Å². The van der Waals surface area contributed by atoms with Gasteiger partial charge in [-0.05, 0) is 60.7 Å². The molecule has 3 atom stereocenters. The monoisotopic (exact) mass is 536 g/mol. The Hall–Kier alpha value is -2.01. The first-order chi connectivity index (χ1) is 14.8. The zero-order valence-electron chi connectivity index (χ0n) is 17.4. The molecule has 2 heterocycles. The normalized spacial score (nSPS) is 26.3. The van der Waals surface area contributed by atoms with Gasteiger partial charge in [0.15, 0.2) is 5.79 Å². The average Bonchev–Trinajstić information content (AvgIpc) is 3.21. The van der Waals surface area contributed by atoms with Gasteiger partial charge in [-0.2, -0.15) is 0 Å². The van der Waals surface area contributed by atoms with Crippen molar-refractivity contribution in [1.29, 1.82) is 0 Å². The van der Waals surface area contributed by atoms with Crippen molar-refractivity contribution < 1.29 is 23.8 Å². The summed E-state index contributed by atoms with van der Waals surface area (Å²) in [5.74, 6) is -1.16. The number of hydrogen-bond acceptors (Lipinski definition) is 5. The second-order valence-corrected chi connectivity index (χ2v) is 9.36. The van der Waals surface area contributed by atoms with Crippen LogP contribution in [0.25, 0.3) is 0 Å². The highest BCUT2D eigenvalue weighted by Gasteiger charge is 2.61. The number of hydrogen-bond donors (Lipinski definition) is 2. The minimum Gasteiger partial charge on any atom is -0.370 e. The van der Waals surface area contributed by atoms with E-state index >= 15 is 0 Å². The molecule has 2 saturated heterocycles. The SMILES string of the molecule is CC1(C)O[C@@H]2[C@@H](CNC(=O)c3ccccc3I)OC[C@]2(CNC(=O)c2ccccc2)O1. The van der Waals surface area contributed by atoms with Crippen molar-refractivity contribution in [2.75, 3.05) is 19.7 Å². The summed E-state index contributed by atoms with van der Waals surface area (Å²) in [5.41, 5.74) is 0.380. The van der Waals surface area contributed by atoms with Gasteiger partial charge in [-0.15, -0.1) is 0 Å². The number of carbonyl (C=O) groups is 2. The standard InChI is InChI=1S/C23H25IN2O5/c1-22(2)30-19-18(12-25-21(28)16-10-6-7-11-17(16)24)29-14-23(19,31-22)13-26-20(27)15-8-4-3-5-9-15/h3-11,18-19H,12-14H2,1-2H3,(H,25,28)(H,26,27)/t18-,19-,23+/m1/s1. The Kier molecular flexibility index (Phi) is 6.34. The molecule has 2 aliphatic heterocycles. The van der Waals surface area contributed by atoms with Crippen molar-refractivity contribution in [1.82, 2.24) is 10.6 Å². The Labute approximate surface area is 195 Å². The van der Waals surface area contributed by atoms with Crippen LogP contribution in [0, 0.1) is 3.57 Å². The largest absolute Gasteiger partial charge is 0.370 e. The smallest absolute Gasteiger partial charge is 0.252 e. The van der Waals surface area contributed by atoms with Gasteiger partial charge in [0.25, 0.3) is 11.8 Å². The van der Waals surface area contributed by atoms with E-state index in [9.17, 15) is 9.59 Å². The predicted octanol–water partition coefficient (Wildman–Crippen LogP) is 2.74. The molecule has 0 saturated carbocycles. The number of rotatable bonds is 6. The molecule has 0 unspecified atom stereocenters. The number of ether oxygens (including phenoxy) is 3. The summed E-state index contributed by atoms with van der Waals surface area (Å²) in [6.45, 7) is 4.47. The van der Waals surface area contributed by atoms with E-state index in [1.807, 2.05) is 50.2 Å². The van der Waals surface area contributed by atoms with Gasteiger partial charge in [0.05, 0.1) is 18.7 Å². The molecule has 7 nitrogen and oxygen atoms in total. The Bertz CT molecular complexity index is 967. The average molecular weight is 536 g/mol.